The van der Waals surface area contributed by atoms with Crippen molar-refractivity contribution in [2.24, 2.45) is 10.9 Å². The van der Waals surface area contributed by atoms with E-state index >= 15 is 0 Å². The molecule has 3 heterocycles. The molecule has 1 aromatic rings. The van der Waals surface area contributed by atoms with Crippen LogP contribution in [0.15, 0.2) is 16.4 Å². The molecule has 27 heavy (non-hydrogen) atoms. The number of hydrogen-bond donors (Lipinski definition) is 2. The first-order valence-corrected chi connectivity index (χ1v) is 11.0. The van der Waals surface area contributed by atoms with E-state index in [2.05, 4.69) is 59.6 Å². The Labute approximate surface area is 186 Å². The number of aliphatic imine (C=N–C) groups is 1. The second-order valence-corrected chi connectivity index (χ2v) is 8.93. The average molecular weight is 506 g/mol. The van der Waals surface area contributed by atoms with Crippen molar-refractivity contribution in [1.29, 1.82) is 0 Å². The number of nitrogens with zero attached hydrogens (tertiary/aromatic N) is 3. The van der Waals surface area contributed by atoms with E-state index in [0.29, 0.717) is 18.0 Å². The molecule has 2 N–H and O–H groups in total. The maximum atomic E-state index is 4.86. The minimum Gasteiger partial charge on any atom is -0.357 e. The van der Waals surface area contributed by atoms with Crippen molar-refractivity contribution in [1.82, 2.24) is 20.4 Å². The van der Waals surface area contributed by atoms with Crippen LogP contribution in [0.2, 0.25) is 0 Å². The highest BCUT2D eigenvalue weighted by Gasteiger charge is 2.31. The predicted molar refractivity (Wildman–Crippen MR) is 127 cm³/mol. The molecule has 1 aromatic heterocycles. The quantitative estimate of drug-likeness (QED) is 0.355. The van der Waals surface area contributed by atoms with Gasteiger partial charge in [0.05, 0.1) is 6.54 Å². The normalized spacial score (nSPS) is 24.0. The van der Waals surface area contributed by atoms with Crippen LogP contribution in [-0.2, 0) is 13.0 Å². The maximum absolute atomic E-state index is 4.86. The van der Waals surface area contributed by atoms with Crippen LogP contribution < -0.4 is 10.6 Å². The van der Waals surface area contributed by atoms with Gasteiger partial charge in [-0.1, -0.05) is 6.92 Å². The van der Waals surface area contributed by atoms with Crippen LogP contribution >= 0.6 is 35.3 Å². The summed E-state index contributed by atoms with van der Waals surface area (Å²) in [4.78, 5) is 11.5. The van der Waals surface area contributed by atoms with Gasteiger partial charge in [-0.15, -0.1) is 35.3 Å². The van der Waals surface area contributed by atoms with E-state index in [-0.39, 0.29) is 24.0 Å². The predicted octanol–water partition coefficient (Wildman–Crippen LogP) is 3.01. The topological polar surface area (TPSA) is 42.9 Å². The number of likely N-dealkylation sites (tertiary alicyclic amines) is 1. The fourth-order valence-corrected chi connectivity index (χ4v) is 4.80. The smallest absolute Gasteiger partial charge is 0.191 e. The molecule has 2 aliphatic rings. The zero-order chi connectivity index (χ0) is 18.5. The second kappa shape index (κ2) is 11.0. The lowest BCUT2D eigenvalue weighted by molar-refractivity contribution is 0.263. The van der Waals surface area contributed by atoms with Crippen molar-refractivity contribution < 1.29 is 0 Å². The minimum atomic E-state index is 0. The maximum Gasteiger partial charge on any atom is 0.191 e. The van der Waals surface area contributed by atoms with Crippen LogP contribution in [0.1, 0.15) is 38.1 Å². The minimum absolute atomic E-state index is 0. The highest BCUT2D eigenvalue weighted by Crippen LogP contribution is 2.23. The largest absolute Gasteiger partial charge is 0.357 e. The van der Waals surface area contributed by atoms with E-state index < -0.39 is 0 Å². The van der Waals surface area contributed by atoms with E-state index in [9.17, 15) is 0 Å². The number of hydrogen-bond acceptors (Lipinski definition) is 4. The monoisotopic (exact) mass is 505 g/mol. The molecule has 5 nitrogen and oxygen atoms in total. The fourth-order valence-electron chi connectivity index (χ4n) is 3.91. The molecule has 2 aliphatic heterocycles. The Bertz CT molecular complexity index is 603. The highest BCUT2D eigenvalue weighted by molar-refractivity contribution is 14.0. The zero-order valence-electron chi connectivity index (χ0n) is 17.2. The van der Waals surface area contributed by atoms with Gasteiger partial charge in [0.25, 0.3) is 0 Å². The summed E-state index contributed by atoms with van der Waals surface area (Å²) in [5.41, 5.74) is 1.52. The van der Waals surface area contributed by atoms with Crippen molar-refractivity contribution >= 4 is 41.3 Å². The van der Waals surface area contributed by atoms with Crippen LogP contribution in [0, 0.1) is 5.92 Å². The number of fused-ring (bicyclic) bond motifs is 1. The number of halogens is 1. The fraction of sp³-hybridized carbons (Fsp3) is 0.750. The van der Waals surface area contributed by atoms with Gasteiger partial charge >= 0.3 is 0 Å². The lowest BCUT2D eigenvalue weighted by Gasteiger charge is -2.26. The lowest BCUT2D eigenvalue weighted by atomic mass is 10.1. The van der Waals surface area contributed by atoms with Crippen LogP contribution in [-0.4, -0.2) is 67.1 Å². The molecule has 7 heteroatoms. The summed E-state index contributed by atoms with van der Waals surface area (Å²) in [5, 5.41) is 9.33. The molecular formula is C20H36IN5S. The molecule has 0 aliphatic carbocycles. The van der Waals surface area contributed by atoms with Crippen molar-refractivity contribution in [2.45, 2.75) is 52.7 Å². The van der Waals surface area contributed by atoms with Crippen LogP contribution in [0.5, 0.6) is 0 Å². The Hall–Kier alpha value is -0.380. The second-order valence-electron chi connectivity index (χ2n) is 7.93. The van der Waals surface area contributed by atoms with E-state index in [1.807, 2.05) is 11.3 Å². The Morgan fingerprint density at radius 1 is 1.37 bits per heavy atom. The first kappa shape index (κ1) is 22.9. The van der Waals surface area contributed by atoms with Crippen molar-refractivity contribution in [3.05, 3.63) is 21.9 Å². The molecular weight excluding hydrogens is 469 g/mol. The zero-order valence-corrected chi connectivity index (χ0v) is 20.3. The summed E-state index contributed by atoms with van der Waals surface area (Å²) in [5.74, 6) is 1.63. The van der Waals surface area contributed by atoms with Gasteiger partial charge in [0.2, 0.25) is 0 Å². The van der Waals surface area contributed by atoms with E-state index in [0.717, 1.165) is 45.2 Å². The summed E-state index contributed by atoms with van der Waals surface area (Å²) < 4.78 is 0. The molecule has 0 radical (unpaired) electrons. The van der Waals surface area contributed by atoms with Crippen molar-refractivity contribution in [3.63, 3.8) is 0 Å². The van der Waals surface area contributed by atoms with Crippen LogP contribution in [0.25, 0.3) is 0 Å². The number of nitrogens with one attached hydrogen (secondary N) is 2. The molecule has 0 spiro atoms. The van der Waals surface area contributed by atoms with Gasteiger partial charge < -0.3 is 10.6 Å². The van der Waals surface area contributed by atoms with Crippen molar-refractivity contribution in [2.75, 3.05) is 39.3 Å². The molecule has 0 amide bonds. The summed E-state index contributed by atoms with van der Waals surface area (Å²) >= 11 is 1.90. The van der Waals surface area contributed by atoms with Crippen LogP contribution in [0.4, 0.5) is 0 Å². The van der Waals surface area contributed by atoms with Gasteiger partial charge in [-0.3, -0.25) is 14.8 Å². The Morgan fingerprint density at radius 3 is 2.89 bits per heavy atom. The third-order valence-electron chi connectivity index (χ3n) is 5.61. The molecule has 2 unspecified atom stereocenters. The molecule has 1 fully saturated rings. The Balaban J connectivity index is 0.00000261. The highest BCUT2D eigenvalue weighted by atomic mass is 127. The summed E-state index contributed by atoms with van der Waals surface area (Å²) in [6.45, 7) is 16.4. The molecule has 0 bridgehead atoms. The summed E-state index contributed by atoms with van der Waals surface area (Å²) in [7, 11) is 0. The van der Waals surface area contributed by atoms with Gasteiger partial charge in [-0.2, -0.15) is 0 Å². The third kappa shape index (κ3) is 6.30. The SMILES string of the molecule is CCNC(=NCCN1CCc2sccc2C1)NC1CN(C(C)C)CC1C.I. The Kier molecular flexibility index (Phi) is 9.31. The standard InChI is InChI=1S/C20H35N5S.HI/c1-5-21-20(23-18-14-25(15(2)3)12-16(18)4)22-8-10-24-9-6-19-17(13-24)7-11-26-19;/h7,11,15-16,18H,5-6,8-10,12-14H2,1-4H3,(H2,21,22,23);1H. The third-order valence-corrected chi connectivity index (χ3v) is 6.63. The first-order valence-electron chi connectivity index (χ1n) is 10.1. The molecule has 0 aromatic carbocycles. The van der Waals surface area contributed by atoms with Crippen molar-refractivity contribution in [3.8, 4) is 0 Å². The first-order chi connectivity index (χ1) is 12.6. The van der Waals surface area contributed by atoms with Crippen LogP contribution in [0.3, 0.4) is 0 Å². The van der Waals surface area contributed by atoms with E-state index in [1.165, 1.54) is 18.5 Å². The average Bonchev–Trinajstić information content (AvgIpc) is 3.21. The summed E-state index contributed by atoms with van der Waals surface area (Å²) in [6.07, 6.45) is 1.19. The van der Waals surface area contributed by atoms with E-state index in [4.69, 9.17) is 4.99 Å². The summed E-state index contributed by atoms with van der Waals surface area (Å²) in [6, 6.07) is 3.38. The van der Waals surface area contributed by atoms with Gasteiger partial charge in [0.1, 0.15) is 0 Å². The number of thiophene rings is 1. The molecule has 2 atom stereocenters. The number of guanidine groups is 1. The molecule has 154 valence electrons. The van der Waals surface area contributed by atoms with E-state index in [1.54, 1.807) is 4.88 Å². The van der Waals surface area contributed by atoms with Gasteiger partial charge in [-0.05, 0) is 50.1 Å². The molecule has 3 rings (SSSR count). The molecule has 0 saturated carbocycles. The van der Waals surface area contributed by atoms with Gasteiger partial charge in [0, 0.05) is 56.2 Å². The number of rotatable bonds is 6. The lowest BCUT2D eigenvalue weighted by Crippen LogP contribution is -2.47. The Morgan fingerprint density at radius 2 is 2.19 bits per heavy atom. The molecule has 1 saturated heterocycles. The van der Waals surface area contributed by atoms with Gasteiger partial charge in [-0.25, -0.2) is 0 Å². The van der Waals surface area contributed by atoms with Gasteiger partial charge in [0.15, 0.2) is 5.96 Å².